The third kappa shape index (κ3) is 3.63. The van der Waals surface area contributed by atoms with Crippen molar-refractivity contribution >= 4 is 0 Å². The highest BCUT2D eigenvalue weighted by Gasteiger charge is 2.15. The van der Waals surface area contributed by atoms with Crippen molar-refractivity contribution in [3.8, 4) is 0 Å². The first-order valence-electron chi connectivity index (χ1n) is 5.70. The molecule has 1 heterocycles. The van der Waals surface area contributed by atoms with Crippen LogP contribution in [0.5, 0.6) is 0 Å². The Labute approximate surface area is 92.1 Å². The summed E-state index contributed by atoms with van der Waals surface area (Å²) in [5.74, 6) is 1.03. The van der Waals surface area contributed by atoms with Gasteiger partial charge in [-0.3, -0.25) is 0 Å². The Morgan fingerprint density at radius 3 is 2.73 bits per heavy atom. The average molecular weight is 210 g/mol. The van der Waals surface area contributed by atoms with Gasteiger partial charge in [0.25, 0.3) is 0 Å². The van der Waals surface area contributed by atoms with E-state index in [4.69, 9.17) is 0 Å². The molecule has 0 saturated carbocycles. The third-order valence-corrected chi connectivity index (χ3v) is 2.74. The molecule has 1 aromatic rings. The van der Waals surface area contributed by atoms with Crippen LogP contribution in [-0.2, 0) is 13.1 Å². The maximum atomic E-state index is 4.26. The van der Waals surface area contributed by atoms with Gasteiger partial charge in [0.15, 0.2) is 0 Å². The van der Waals surface area contributed by atoms with Gasteiger partial charge in [0.1, 0.15) is 12.2 Å². The van der Waals surface area contributed by atoms with E-state index in [9.17, 15) is 0 Å². The summed E-state index contributed by atoms with van der Waals surface area (Å²) in [5.41, 5.74) is 0.170. The molecule has 1 aromatic heterocycles. The summed E-state index contributed by atoms with van der Waals surface area (Å²) in [6.07, 6.45) is 3.83. The Hall–Kier alpha value is -0.900. The van der Waals surface area contributed by atoms with E-state index in [1.807, 2.05) is 4.68 Å². The molecule has 0 aromatic carbocycles. The maximum absolute atomic E-state index is 4.26. The van der Waals surface area contributed by atoms with E-state index in [1.165, 1.54) is 0 Å². The first kappa shape index (κ1) is 12.2. The van der Waals surface area contributed by atoms with E-state index in [0.717, 1.165) is 31.8 Å². The van der Waals surface area contributed by atoms with Crippen molar-refractivity contribution in [3.05, 3.63) is 12.2 Å². The first-order valence-corrected chi connectivity index (χ1v) is 5.70. The van der Waals surface area contributed by atoms with Crippen LogP contribution in [0.4, 0.5) is 0 Å². The van der Waals surface area contributed by atoms with E-state index in [1.54, 1.807) is 6.33 Å². The standard InChI is InChI=1S/C11H22N4/c1-5-7-15-10(12-9-14-15)8-13-11(3,4)6-2/h9,13H,5-8H2,1-4H3. The highest BCUT2D eigenvalue weighted by Crippen LogP contribution is 2.08. The molecule has 0 saturated heterocycles. The van der Waals surface area contributed by atoms with Crippen LogP contribution in [0.1, 0.15) is 46.4 Å². The highest BCUT2D eigenvalue weighted by atomic mass is 15.3. The molecule has 0 atom stereocenters. The van der Waals surface area contributed by atoms with E-state index in [2.05, 4.69) is 43.1 Å². The van der Waals surface area contributed by atoms with Gasteiger partial charge in [-0.05, 0) is 26.7 Å². The van der Waals surface area contributed by atoms with Gasteiger partial charge in [0, 0.05) is 12.1 Å². The second-order valence-corrected chi connectivity index (χ2v) is 4.49. The van der Waals surface area contributed by atoms with E-state index in [0.29, 0.717) is 0 Å². The SMILES string of the molecule is CCCn1ncnc1CNC(C)(C)CC. The van der Waals surface area contributed by atoms with Crippen molar-refractivity contribution in [1.29, 1.82) is 0 Å². The highest BCUT2D eigenvalue weighted by molar-refractivity contribution is 4.87. The van der Waals surface area contributed by atoms with Crippen molar-refractivity contribution in [2.45, 2.75) is 59.2 Å². The molecule has 0 aliphatic carbocycles. The molecular weight excluding hydrogens is 188 g/mol. The minimum absolute atomic E-state index is 0.170. The zero-order valence-electron chi connectivity index (χ0n) is 10.2. The molecule has 0 aliphatic heterocycles. The van der Waals surface area contributed by atoms with Gasteiger partial charge in [-0.15, -0.1) is 0 Å². The van der Waals surface area contributed by atoms with Gasteiger partial charge in [0.05, 0.1) is 6.54 Å². The fourth-order valence-electron chi connectivity index (χ4n) is 1.27. The van der Waals surface area contributed by atoms with E-state index >= 15 is 0 Å². The summed E-state index contributed by atoms with van der Waals surface area (Å²) in [4.78, 5) is 4.26. The number of rotatable bonds is 6. The predicted molar refractivity (Wildman–Crippen MR) is 61.5 cm³/mol. The monoisotopic (exact) mass is 210 g/mol. The Bertz CT molecular complexity index is 291. The average Bonchev–Trinajstić information content (AvgIpc) is 2.64. The molecule has 4 heteroatoms. The van der Waals surface area contributed by atoms with Crippen molar-refractivity contribution in [2.75, 3.05) is 0 Å². The van der Waals surface area contributed by atoms with Gasteiger partial charge < -0.3 is 5.32 Å². The Kier molecular flexibility index (Phi) is 4.27. The summed E-state index contributed by atoms with van der Waals surface area (Å²) >= 11 is 0. The van der Waals surface area contributed by atoms with Crippen LogP contribution in [0.25, 0.3) is 0 Å². The molecule has 15 heavy (non-hydrogen) atoms. The second-order valence-electron chi connectivity index (χ2n) is 4.49. The van der Waals surface area contributed by atoms with Crippen molar-refractivity contribution in [2.24, 2.45) is 0 Å². The van der Waals surface area contributed by atoms with Crippen LogP contribution < -0.4 is 5.32 Å². The van der Waals surface area contributed by atoms with Gasteiger partial charge in [-0.1, -0.05) is 13.8 Å². The van der Waals surface area contributed by atoms with Gasteiger partial charge in [0.2, 0.25) is 0 Å². The maximum Gasteiger partial charge on any atom is 0.140 e. The van der Waals surface area contributed by atoms with Gasteiger partial charge >= 0.3 is 0 Å². The zero-order chi connectivity index (χ0) is 11.3. The topological polar surface area (TPSA) is 42.7 Å². The number of hydrogen-bond donors (Lipinski definition) is 1. The van der Waals surface area contributed by atoms with Crippen LogP contribution in [0.15, 0.2) is 6.33 Å². The molecule has 1 N–H and O–H groups in total. The predicted octanol–water partition coefficient (Wildman–Crippen LogP) is 1.97. The summed E-state index contributed by atoms with van der Waals surface area (Å²) in [7, 11) is 0. The molecule has 86 valence electrons. The normalized spacial score (nSPS) is 12.0. The Morgan fingerprint density at radius 2 is 2.13 bits per heavy atom. The van der Waals surface area contributed by atoms with Gasteiger partial charge in [-0.2, -0.15) is 5.10 Å². The fraction of sp³-hybridized carbons (Fsp3) is 0.818. The second kappa shape index (κ2) is 5.26. The lowest BCUT2D eigenvalue weighted by atomic mass is 10.0. The number of aryl methyl sites for hydroxylation is 1. The van der Waals surface area contributed by atoms with Crippen LogP contribution in [0, 0.1) is 0 Å². The van der Waals surface area contributed by atoms with Crippen molar-refractivity contribution in [3.63, 3.8) is 0 Å². The lowest BCUT2D eigenvalue weighted by Crippen LogP contribution is -2.38. The quantitative estimate of drug-likeness (QED) is 0.780. The zero-order valence-corrected chi connectivity index (χ0v) is 10.2. The molecule has 0 aliphatic rings. The summed E-state index contributed by atoms with van der Waals surface area (Å²) in [6, 6.07) is 0. The molecule has 1 rings (SSSR count). The number of nitrogens with zero attached hydrogens (tertiary/aromatic N) is 3. The molecule has 0 bridgehead atoms. The smallest absolute Gasteiger partial charge is 0.140 e. The lowest BCUT2D eigenvalue weighted by Gasteiger charge is -2.24. The van der Waals surface area contributed by atoms with Crippen molar-refractivity contribution < 1.29 is 0 Å². The van der Waals surface area contributed by atoms with Crippen LogP contribution >= 0.6 is 0 Å². The largest absolute Gasteiger partial charge is 0.305 e. The van der Waals surface area contributed by atoms with E-state index < -0.39 is 0 Å². The van der Waals surface area contributed by atoms with Crippen molar-refractivity contribution in [1.82, 2.24) is 20.1 Å². The lowest BCUT2D eigenvalue weighted by molar-refractivity contribution is 0.363. The molecule has 0 radical (unpaired) electrons. The summed E-state index contributed by atoms with van der Waals surface area (Å²) < 4.78 is 1.97. The number of aromatic nitrogens is 3. The molecule has 4 nitrogen and oxygen atoms in total. The summed E-state index contributed by atoms with van der Waals surface area (Å²) in [6.45, 7) is 10.5. The number of hydrogen-bond acceptors (Lipinski definition) is 3. The third-order valence-electron chi connectivity index (χ3n) is 2.74. The van der Waals surface area contributed by atoms with Crippen LogP contribution in [0.3, 0.4) is 0 Å². The number of nitrogens with one attached hydrogen (secondary N) is 1. The van der Waals surface area contributed by atoms with Gasteiger partial charge in [-0.25, -0.2) is 9.67 Å². The van der Waals surface area contributed by atoms with E-state index in [-0.39, 0.29) is 5.54 Å². The fourth-order valence-corrected chi connectivity index (χ4v) is 1.27. The first-order chi connectivity index (χ1) is 7.09. The molecule has 0 amide bonds. The minimum Gasteiger partial charge on any atom is -0.305 e. The molecule has 0 unspecified atom stereocenters. The molecule has 0 fully saturated rings. The molecular formula is C11H22N4. The van der Waals surface area contributed by atoms with Crippen LogP contribution in [0.2, 0.25) is 0 Å². The Balaban J connectivity index is 2.53. The molecule has 0 spiro atoms. The van der Waals surface area contributed by atoms with Crippen LogP contribution in [-0.4, -0.2) is 20.3 Å². The Morgan fingerprint density at radius 1 is 1.40 bits per heavy atom. The minimum atomic E-state index is 0.170. The summed E-state index contributed by atoms with van der Waals surface area (Å²) in [5, 5.41) is 7.68.